The Morgan fingerprint density at radius 1 is 1.07 bits per heavy atom. The van der Waals surface area contributed by atoms with Crippen LogP contribution in [0.4, 0.5) is 21.7 Å². The summed E-state index contributed by atoms with van der Waals surface area (Å²) in [6, 6.07) is 19.2. The number of hydrogen-bond acceptors (Lipinski definition) is 7. The number of nitrogens with one attached hydrogen (secondary N) is 3. The number of amides is 1. The van der Waals surface area contributed by atoms with Crippen molar-refractivity contribution >= 4 is 55.8 Å². The lowest BCUT2D eigenvalue weighted by atomic mass is 10.1. The number of carbonyl (C=O) groups is 1. The molecule has 0 fully saturated rings. The highest BCUT2D eigenvalue weighted by Crippen LogP contribution is 2.35. The van der Waals surface area contributed by atoms with Crippen LogP contribution in [0.3, 0.4) is 0 Å². The van der Waals surface area contributed by atoms with E-state index >= 15 is 0 Å². The third-order valence-corrected chi connectivity index (χ3v) is 7.66. The van der Waals surface area contributed by atoms with Crippen molar-refractivity contribution in [1.82, 2.24) is 15.2 Å². The molecule has 0 aliphatic rings. The van der Waals surface area contributed by atoms with Gasteiger partial charge in [0.25, 0.3) is 5.91 Å². The van der Waals surface area contributed by atoms with Crippen LogP contribution in [0, 0.1) is 5.82 Å². The number of halogens is 2. The van der Waals surface area contributed by atoms with Crippen molar-refractivity contribution in [3.63, 3.8) is 0 Å². The van der Waals surface area contributed by atoms with E-state index in [-0.39, 0.29) is 40.9 Å². The van der Waals surface area contributed by atoms with Gasteiger partial charge in [-0.3, -0.25) is 14.6 Å². The van der Waals surface area contributed by atoms with Gasteiger partial charge in [0.15, 0.2) is 5.82 Å². The van der Waals surface area contributed by atoms with Crippen LogP contribution in [0.5, 0.6) is 5.75 Å². The molecule has 0 atom stereocenters. The van der Waals surface area contributed by atoms with Gasteiger partial charge in [0.2, 0.25) is 10.0 Å². The van der Waals surface area contributed by atoms with E-state index < -0.39 is 21.7 Å². The number of aromatic nitrogens is 3. The van der Waals surface area contributed by atoms with Gasteiger partial charge in [0, 0.05) is 16.0 Å². The maximum absolute atomic E-state index is 13.3. The monoisotopic (exact) mass is 594 g/mol. The second-order valence-corrected chi connectivity index (χ2v) is 11.4. The lowest BCUT2D eigenvalue weighted by Gasteiger charge is -2.15. The number of primary amides is 1. The molecule has 0 unspecified atom stereocenters. The number of hydrogen-bond donors (Lipinski definition) is 4. The molecule has 10 nitrogen and oxygen atoms in total. The molecular formula is C28H24ClFN6O4S. The predicted molar refractivity (Wildman–Crippen MR) is 156 cm³/mol. The number of benzene rings is 3. The highest BCUT2D eigenvalue weighted by atomic mass is 35.5. The van der Waals surface area contributed by atoms with Crippen LogP contribution in [0.25, 0.3) is 22.2 Å². The van der Waals surface area contributed by atoms with Crippen LogP contribution in [-0.4, -0.2) is 35.3 Å². The highest BCUT2D eigenvalue weighted by Gasteiger charge is 2.22. The molecule has 2 heterocycles. The van der Waals surface area contributed by atoms with E-state index in [1.54, 1.807) is 48.5 Å². The fourth-order valence-electron chi connectivity index (χ4n) is 4.03. The average Bonchev–Trinajstić information content (AvgIpc) is 3.37. The Hall–Kier alpha value is -4.68. The summed E-state index contributed by atoms with van der Waals surface area (Å²) in [6.07, 6.45) is 0. The Morgan fingerprint density at radius 2 is 1.85 bits per heavy atom. The van der Waals surface area contributed by atoms with E-state index in [1.165, 1.54) is 25.1 Å². The number of H-pyrrole nitrogens is 1. The smallest absolute Gasteiger partial charge is 0.254 e. The predicted octanol–water partition coefficient (Wildman–Crippen LogP) is 5.60. The SMILES string of the molecule is CCS(=O)(=O)Nc1ccc(-c2[nH]nc(Nc3ccc4cc(Cl)ccc4n3)c2C(N)=O)cc1OCc1ccc(F)cc1. The highest BCUT2D eigenvalue weighted by molar-refractivity contribution is 7.92. The van der Waals surface area contributed by atoms with E-state index in [1.807, 2.05) is 6.07 Å². The molecule has 0 aliphatic heterocycles. The Morgan fingerprint density at radius 3 is 2.59 bits per heavy atom. The molecule has 5 rings (SSSR count). The van der Waals surface area contributed by atoms with Gasteiger partial charge in [-0.05, 0) is 67.1 Å². The van der Waals surface area contributed by atoms with E-state index in [2.05, 4.69) is 25.2 Å². The zero-order chi connectivity index (χ0) is 29.1. The number of carbonyl (C=O) groups excluding carboxylic acids is 1. The number of pyridine rings is 1. The first-order valence-corrected chi connectivity index (χ1v) is 14.4. The first-order chi connectivity index (χ1) is 19.6. The Bertz CT molecular complexity index is 1860. The number of ether oxygens (including phenoxy) is 1. The minimum Gasteiger partial charge on any atom is -0.487 e. The number of fused-ring (bicyclic) bond motifs is 1. The molecule has 41 heavy (non-hydrogen) atoms. The second kappa shape index (κ2) is 11.4. The molecule has 0 spiro atoms. The molecule has 0 radical (unpaired) electrons. The second-order valence-electron chi connectivity index (χ2n) is 8.98. The molecule has 2 aromatic heterocycles. The topological polar surface area (TPSA) is 152 Å². The molecule has 3 aromatic carbocycles. The molecular weight excluding hydrogens is 571 g/mol. The zero-order valence-corrected chi connectivity index (χ0v) is 23.2. The van der Waals surface area contributed by atoms with Gasteiger partial charge < -0.3 is 15.8 Å². The lowest BCUT2D eigenvalue weighted by molar-refractivity contribution is 0.100. The molecule has 0 bridgehead atoms. The number of sulfonamides is 1. The summed E-state index contributed by atoms with van der Waals surface area (Å²) in [7, 11) is -3.63. The number of aromatic amines is 1. The number of rotatable bonds is 10. The van der Waals surface area contributed by atoms with Crippen molar-refractivity contribution in [1.29, 1.82) is 0 Å². The number of nitrogens with zero attached hydrogens (tertiary/aromatic N) is 2. The molecule has 5 N–H and O–H groups in total. The summed E-state index contributed by atoms with van der Waals surface area (Å²) in [5, 5.41) is 11.5. The summed E-state index contributed by atoms with van der Waals surface area (Å²) in [4.78, 5) is 17.1. The lowest BCUT2D eigenvalue weighted by Crippen LogP contribution is -2.15. The summed E-state index contributed by atoms with van der Waals surface area (Å²) >= 11 is 6.06. The van der Waals surface area contributed by atoms with Gasteiger partial charge in [-0.25, -0.2) is 17.8 Å². The normalized spacial score (nSPS) is 11.4. The standard InChI is InChI=1S/C28H24ClFN6O4S/c1-2-41(38,39)36-22-10-5-18(14-23(22)40-15-16-3-8-20(30)9-4-16)26-25(27(31)37)28(35-34-26)33-24-12-6-17-13-19(29)7-11-21(17)32-24/h3-14,36H,2,15H2,1H3,(H2,31,37)(H2,32,33,34,35). The summed E-state index contributed by atoms with van der Waals surface area (Å²) < 4.78 is 46.4. The molecule has 13 heteroatoms. The molecule has 0 saturated heterocycles. The Kier molecular flexibility index (Phi) is 7.77. The van der Waals surface area contributed by atoms with Crippen molar-refractivity contribution < 1.29 is 22.3 Å². The number of anilines is 3. The summed E-state index contributed by atoms with van der Waals surface area (Å²) in [5.74, 6) is -0.542. The van der Waals surface area contributed by atoms with Gasteiger partial charge in [0.1, 0.15) is 29.6 Å². The van der Waals surface area contributed by atoms with Crippen molar-refractivity contribution in [2.45, 2.75) is 13.5 Å². The van der Waals surface area contributed by atoms with E-state index in [4.69, 9.17) is 22.1 Å². The molecule has 210 valence electrons. The van der Waals surface area contributed by atoms with Crippen LogP contribution in [0.1, 0.15) is 22.8 Å². The van der Waals surface area contributed by atoms with Crippen LogP contribution in [0.2, 0.25) is 5.02 Å². The third kappa shape index (κ3) is 6.39. The minimum atomic E-state index is -3.63. The quantitative estimate of drug-likeness (QED) is 0.164. The molecule has 5 aromatic rings. The first-order valence-electron chi connectivity index (χ1n) is 12.4. The van der Waals surface area contributed by atoms with E-state index in [0.29, 0.717) is 27.5 Å². The van der Waals surface area contributed by atoms with Gasteiger partial charge in [-0.2, -0.15) is 5.10 Å². The minimum absolute atomic E-state index is 0.0297. The van der Waals surface area contributed by atoms with Gasteiger partial charge in [0.05, 0.1) is 22.7 Å². The van der Waals surface area contributed by atoms with E-state index in [0.717, 1.165) is 5.39 Å². The first kappa shape index (κ1) is 27.9. The van der Waals surface area contributed by atoms with Crippen molar-refractivity contribution in [2.24, 2.45) is 5.73 Å². The van der Waals surface area contributed by atoms with Crippen molar-refractivity contribution in [3.05, 3.63) is 94.8 Å². The molecule has 0 aliphatic carbocycles. The number of nitrogens with two attached hydrogens (primary N) is 1. The van der Waals surface area contributed by atoms with E-state index in [9.17, 15) is 17.6 Å². The maximum atomic E-state index is 13.3. The van der Waals surface area contributed by atoms with Gasteiger partial charge in [-0.1, -0.05) is 29.8 Å². The fraction of sp³-hybridized carbons (Fsp3) is 0.107. The van der Waals surface area contributed by atoms with Crippen LogP contribution >= 0.6 is 11.6 Å². The fourth-order valence-corrected chi connectivity index (χ4v) is 4.86. The van der Waals surface area contributed by atoms with Crippen LogP contribution in [-0.2, 0) is 16.6 Å². The Labute approximate surface area is 239 Å². The van der Waals surface area contributed by atoms with Crippen LogP contribution < -0.4 is 20.5 Å². The Balaban J connectivity index is 1.49. The molecule has 0 saturated carbocycles. The van der Waals surface area contributed by atoms with Crippen molar-refractivity contribution in [3.8, 4) is 17.0 Å². The summed E-state index contributed by atoms with van der Waals surface area (Å²) in [6.45, 7) is 1.54. The maximum Gasteiger partial charge on any atom is 0.254 e. The average molecular weight is 595 g/mol. The summed E-state index contributed by atoms with van der Waals surface area (Å²) in [5.41, 5.74) is 8.08. The van der Waals surface area contributed by atoms with Crippen LogP contribution in [0.15, 0.2) is 72.8 Å². The van der Waals surface area contributed by atoms with Crippen molar-refractivity contribution in [2.75, 3.05) is 15.8 Å². The zero-order valence-electron chi connectivity index (χ0n) is 21.6. The third-order valence-electron chi connectivity index (χ3n) is 6.13. The molecule has 1 amide bonds. The van der Waals surface area contributed by atoms with Gasteiger partial charge >= 0.3 is 0 Å². The largest absolute Gasteiger partial charge is 0.487 e. The van der Waals surface area contributed by atoms with Gasteiger partial charge in [-0.15, -0.1) is 0 Å².